The Morgan fingerprint density at radius 2 is 1.82 bits per heavy atom. The van der Waals surface area contributed by atoms with Crippen LogP contribution in [0.2, 0.25) is 0 Å². The maximum atomic E-state index is 12.3. The van der Waals surface area contributed by atoms with Crippen LogP contribution in [0.5, 0.6) is 11.5 Å². The Morgan fingerprint density at radius 3 is 2.46 bits per heavy atom. The molecule has 152 valence electrons. The lowest BCUT2D eigenvalue weighted by Crippen LogP contribution is -2.31. The Labute approximate surface area is 164 Å². The first-order chi connectivity index (χ1) is 13.3. The lowest BCUT2D eigenvalue weighted by molar-refractivity contribution is -0.153. The second-order valence-corrected chi connectivity index (χ2v) is 6.57. The fourth-order valence-corrected chi connectivity index (χ4v) is 2.64. The highest BCUT2D eigenvalue weighted by Gasteiger charge is 2.20. The molecule has 0 bridgehead atoms. The maximum absolute atomic E-state index is 12.3. The van der Waals surface area contributed by atoms with Gasteiger partial charge < -0.3 is 19.5 Å². The van der Waals surface area contributed by atoms with E-state index >= 15 is 0 Å². The van der Waals surface area contributed by atoms with Crippen molar-refractivity contribution in [1.82, 2.24) is 9.78 Å². The molecule has 0 saturated carbocycles. The van der Waals surface area contributed by atoms with Crippen LogP contribution in [-0.4, -0.2) is 42.0 Å². The van der Waals surface area contributed by atoms with Crippen LogP contribution in [0.15, 0.2) is 30.5 Å². The molecule has 0 saturated heterocycles. The van der Waals surface area contributed by atoms with Crippen molar-refractivity contribution in [3.63, 3.8) is 0 Å². The molecule has 0 aliphatic heterocycles. The highest BCUT2D eigenvalue weighted by atomic mass is 16.5. The first-order valence-electron chi connectivity index (χ1n) is 9.10. The van der Waals surface area contributed by atoms with Crippen molar-refractivity contribution in [1.29, 1.82) is 0 Å². The van der Waals surface area contributed by atoms with Crippen LogP contribution in [0, 0.1) is 0 Å². The summed E-state index contributed by atoms with van der Waals surface area (Å²) < 4.78 is 17.4. The Kier molecular flexibility index (Phi) is 7.43. The van der Waals surface area contributed by atoms with Crippen LogP contribution >= 0.6 is 0 Å². The van der Waals surface area contributed by atoms with Crippen molar-refractivity contribution in [3.8, 4) is 11.5 Å². The fraction of sp³-hybridized carbons (Fsp3) is 0.450. The number of anilines is 1. The molecule has 1 amide bonds. The van der Waals surface area contributed by atoms with Crippen LogP contribution < -0.4 is 14.8 Å². The Hall–Kier alpha value is -3.03. The van der Waals surface area contributed by atoms with E-state index in [2.05, 4.69) is 10.4 Å². The number of hydrogen-bond donors (Lipinski definition) is 1. The van der Waals surface area contributed by atoms with Crippen LogP contribution in [-0.2, 0) is 20.7 Å². The van der Waals surface area contributed by atoms with Gasteiger partial charge in [0, 0.05) is 18.5 Å². The third kappa shape index (κ3) is 5.48. The minimum absolute atomic E-state index is 0.102. The average molecular weight is 389 g/mol. The molecule has 0 radical (unpaired) electrons. The lowest BCUT2D eigenvalue weighted by Gasteiger charge is -2.16. The van der Waals surface area contributed by atoms with Gasteiger partial charge in [-0.3, -0.25) is 9.59 Å². The summed E-state index contributed by atoms with van der Waals surface area (Å²) >= 11 is 0. The molecule has 8 heteroatoms. The number of amides is 1. The van der Waals surface area contributed by atoms with E-state index < -0.39 is 18.0 Å². The van der Waals surface area contributed by atoms with Crippen LogP contribution in [0.4, 0.5) is 5.82 Å². The number of hydrogen-bond acceptors (Lipinski definition) is 6. The van der Waals surface area contributed by atoms with Gasteiger partial charge in [-0.1, -0.05) is 6.07 Å². The van der Waals surface area contributed by atoms with Crippen molar-refractivity contribution >= 4 is 17.7 Å². The fourth-order valence-electron chi connectivity index (χ4n) is 2.64. The number of nitrogens with zero attached hydrogens (tertiary/aromatic N) is 2. The van der Waals surface area contributed by atoms with E-state index in [-0.39, 0.29) is 12.5 Å². The van der Waals surface area contributed by atoms with E-state index in [0.29, 0.717) is 23.7 Å². The first kappa shape index (κ1) is 21.3. The van der Waals surface area contributed by atoms with Crippen molar-refractivity contribution in [2.45, 2.75) is 45.8 Å². The number of benzene rings is 1. The number of carbonyl (C=O) groups excluding carboxylic acids is 2. The number of ether oxygens (including phenoxy) is 3. The summed E-state index contributed by atoms with van der Waals surface area (Å²) in [5.74, 6) is 0.938. The zero-order valence-electron chi connectivity index (χ0n) is 16.9. The first-order valence-corrected chi connectivity index (χ1v) is 9.10. The molecular formula is C20H27N3O5. The maximum Gasteiger partial charge on any atom is 0.306 e. The molecule has 0 aliphatic rings. The van der Waals surface area contributed by atoms with Gasteiger partial charge in [-0.15, -0.1) is 0 Å². The second-order valence-electron chi connectivity index (χ2n) is 6.57. The molecule has 2 rings (SSSR count). The van der Waals surface area contributed by atoms with Crippen molar-refractivity contribution in [2.75, 3.05) is 19.5 Å². The normalized spacial score (nSPS) is 11.8. The third-order valence-corrected chi connectivity index (χ3v) is 4.15. The van der Waals surface area contributed by atoms with Gasteiger partial charge in [0.2, 0.25) is 0 Å². The van der Waals surface area contributed by atoms with E-state index in [1.165, 1.54) is 0 Å². The predicted molar refractivity (Wildman–Crippen MR) is 105 cm³/mol. The zero-order valence-corrected chi connectivity index (χ0v) is 16.9. The van der Waals surface area contributed by atoms with Gasteiger partial charge in [-0.2, -0.15) is 5.10 Å². The average Bonchev–Trinajstić information content (AvgIpc) is 3.14. The molecule has 0 fully saturated rings. The largest absolute Gasteiger partial charge is 0.493 e. The van der Waals surface area contributed by atoms with Gasteiger partial charge in [-0.25, -0.2) is 4.68 Å². The molecule has 1 heterocycles. The Balaban J connectivity index is 1.86. The van der Waals surface area contributed by atoms with E-state index in [0.717, 1.165) is 5.56 Å². The molecule has 1 aromatic heterocycles. The summed E-state index contributed by atoms with van der Waals surface area (Å²) in [5.41, 5.74) is 0.910. The number of esters is 1. The standard InChI is InChI=1S/C20H27N3O5/c1-13(2)23-18(10-11-21-23)22-20(25)14(3)28-19(24)9-7-15-6-8-16(26-4)17(12-15)27-5/h6,8,10-14H,7,9H2,1-5H3,(H,22,25)/t14-/m0/s1. The molecule has 1 N–H and O–H groups in total. The van der Waals surface area contributed by atoms with Gasteiger partial charge in [0.15, 0.2) is 17.6 Å². The highest BCUT2D eigenvalue weighted by Crippen LogP contribution is 2.28. The summed E-state index contributed by atoms with van der Waals surface area (Å²) in [7, 11) is 3.12. The predicted octanol–water partition coefficient (Wildman–Crippen LogP) is 2.98. The van der Waals surface area contributed by atoms with Crippen molar-refractivity contribution < 1.29 is 23.8 Å². The molecule has 28 heavy (non-hydrogen) atoms. The molecule has 1 aromatic carbocycles. The Morgan fingerprint density at radius 1 is 1.11 bits per heavy atom. The number of methoxy groups -OCH3 is 2. The summed E-state index contributed by atoms with van der Waals surface area (Å²) in [6.07, 6.45) is 1.31. The molecule has 1 atom stereocenters. The zero-order chi connectivity index (χ0) is 20.7. The molecule has 8 nitrogen and oxygen atoms in total. The quantitative estimate of drug-likeness (QED) is 0.663. The number of carbonyl (C=O) groups is 2. The van der Waals surface area contributed by atoms with Crippen LogP contribution in [0.1, 0.15) is 38.8 Å². The number of rotatable bonds is 9. The number of aryl methyl sites for hydroxylation is 1. The SMILES string of the molecule is COc1ccc(CCC(=O)O[C@@H](C)C(=O)Nc2ccnn2C(C)C)cc1OC. The van der Waals surface area contributed by atoms with Crippen LogP contribution in [0.25, 0.3) is 0 Å². The topological polar surface area (TPSA) is 91.7 Å². The van der Waals surface area contributed by atoms with E-state index in [4.69, 9.17) is 14.2 Å². The van der Waals surface area contributed by atoms with Gasteiger partial charge in [0.25, 0.3) is 5.91 Å². The van der Waals surface area contributed by atoms with Gasteiger partial charge in [0.05, 0.1) is 20.4 Å². The Bertz CT molecular complexity index is 816. The highest BCUT2D eigenvalue weighted by molar-refractivity contribution is 5.94. The monoisotopic (exact) mass is 389 g/mol. The summed E-state index contributed by atoms with van der Waals surface area (Å²) in [6.45, 7) is 5.46. The molecule has 0 aliphatic carbocycles. The van der Waals surface area contributed by atoms with Gasteiger partial charge in [-0.05, 0) is 44.9 Å². The van der Waals surface area contributed by atoms with E-state index in [9.17, 15) is 9.59 Å². The van der Waals surface area contributed by atoms with Gasteiger partial charge in [0.1, 0.15) is 5.82 Å². The number of aromatic nitrogens is 2. The smallest absolute Gasteiger partial charge is 0.306 e. The van der Waals surface area contributed by atoms with Gasteiger partial charge >= 0.3 is 5.97 Å². The summed E-state index contributed by atoms with van der Waals surface area (Å²) in [5, 5.41) is 6.89. The molecule has 0 unspecified atom stereocenters. The summed E-state index contributed by atoms with van der Waals surface area (Å²) in [4.78, 5) is 24.4. The molecule has 0 spiro atoms. The third-order valence-electron chi connectivity index (χ3n) is 4.15. The molecule has 2 aromatic rings. The van der Waals surface area contributed by atoms with E-state index in [1.54, 1.807) is 44.2 Å². The summed E-state index contributed by atoms with van der Waals surface area (Å²) in [6, 6.07) is 7.26. The van der Waals surface area contributed by atoms with Crippen molar-refractivity contribution in [2.24, 2.45) is 0 Å². The molecular weight excluding hydrogens is 362 g/mol. The minimum Gasteiger partial charge on any atom is -0.493 e. The second kappa shape index (κ2) is 9.77. The number of nitrogens with one attached hydrogen (secondary N) is 1. The van der Waals surface area contributed by atoms with E-state index in [1.807, 2.05) is 26.0 Å². The van der Waals surface area contributed by atoms with Crippen LogP contribution in [0.3, 0.4) is 0 Å². The minimum atomic E-state index is -0.909. The van der Waals surface area contributed by atoms with Crippen molar-refractivity contribution in [3.05, 3.63) is 36.0 Å². The lowest BCUT2D eigenvalue weighted by atomic mass is 10.1.